The summed E-state index contributed by atoms with van der Waals surface area (Å²) in [6.45, 7) is 0. The molecule has 0 aliphatic carbocycles. The highest BCUT2D eigenvalue weighted by atomic mass is 35.5. The van der Waals surface area contributed by atoms with E-state index in [-0.39, 0.29) is 0 Å². The highest BCUT2D eigenvalue weighted by Crippen LogP contribution is 2.22. The van der Waals surface area contributed by atoms with Crippen LogP contribution in [-0.2, 0) is 0 Å². The van der Waals surface area contributed by atoms with Crippen LogP contribution in [-0.4, -0.2) is 17.1 Å². The van der Waals surface area contributed by atoms with Gasteiger partial charge in [-0.2, -0.15) is 4.98 Å². The van der Waals surface area contributed by atoms with Crippen LogP contribution in [0.4, 0.5) is 0 Å². The lowest BCUT2D eigenvalue weighted by Crippen LogP contribution is -1.82. The molecule has 1 aromatic carbocycles. The Labute approximate surface area is 74.3 Å². The van der Waals surface area contributed by atoms with Gasteiger partial charge in [-0.05, 0) is 12.1 Å². The molecular formula is C8H7ClN2O. The van der Waals surface area contributed by atoms with Crippen molar-refractivity contribution < 1.29 is 4.74 Å². The van der Waals surface area contributed by atoms with E-state index < -0.39 is 0 Å². The molecule has 1 N–H and O–H groups in total. The molecule has 0 saturated heterocycles. The fraction of sp³-hybridized carbons (Fsp3) is 0.125. The van der Waals surface area contributed by atoms with E-state index >= 15 is 0 Å². The summed E-state index contributed by atoms with van der Waals surface area (Å²) < 4.78 is 4.93. The standard InChI is InChI=1S/C8H7ClN2O/c1-12-8-10-6-4-2-3-5(9)7(6)11-8/h2-4H,1H3,(H,10,11). The predicted octanol–water partition coefficient (Wildman–Crippen LogP) is 2.22. The molecule has 0 bridgehead atoms. The number of nitrogens with zero attached hydrogens (tertiary/aromatic N) is 1. The summed E-state index contributed by atoms with van der Waals surface area (Å²) >= 11 is 5.89. The maximum atomic E-state index is 5.89. The van der Waals surface area contributed by atoms with Crippen LogP contribution < -0.4 is 4.74 Å². The quantitative estimate of drug-likeness (QED) is 0.735. The van der Waals surface area contributed by atoms with Crippen LogP contribution in [0.3, 0.4) is 0 Å². The third-order valence-corrected chi connectivity index (χ3v) is 1.94. The Morgan fingerprint density at radius 1 is 1.50 bits per heavy atom. The maximum Gasteiger partial charge on any atom is 0.294 e. The largest absolute Gasteiger partial charge is 0.468 e. The van der Waals surface area contributed by atoms with Crippen LogP contribution in [0.1, 0.15) is 0 Å². The summed E-state index contributed by atoms with van der Waals surface area (Å²) in [5.41, 5.74) is 1.63. The number of aromatic amines is 1. The number of aromatic nitrogens is 2. The monoisotopic (exact) mass is 182 g/mol. The second-order valence-corrected chi connectivity index (χ2v) is 2.79. The molecule has 12 heavy (non-hydrogen) atoms. The van der Waals surface area contributed by atoms with Crippen molar-refractivity contribution in [1.82, 2.24) is 9.97 Å². The lowest BCUT2D eigenvalue weighted by atomic mass is 10.3. The molecule has 0 unspecified atom stereocenters. The van der Waals surface area contributed by atoms with E-state index in [1.807, 2.05) is 12.1 Å². The number of methoxy groups -OCH3 is 1. The molecule has 1 heterocycles. The molecule has 2 rings (SSSR count). The van der Waals surface area contributed by atoms with Crippen molar-refractivity contribution in [2.24, 2.45) is 0 Å². The SMILES string of the molecule is COc1nc2c(Cl)cccc2[nH]1. The topological polar surface area (TPSA) is 37.9 Å². The number of H-pyrrole nitrogens is 1. The van der Waals surface area contributed by atoms with E-state index in [1.165, 1.54) is 0 Å². The number of rotatable bonds is 1. The molecule has 3 nitrogen and oxygen atoms in total. The minimum atomic E-state index is 0.484. The minimum absolute atomic E-state index is 0.484. The van der Waals surface area contributed by atoms with Gasteiger partial charge in [-0.25, -0.2) is 0 Å². The molecular weight excluding hydrogens is 176 g/mol. The average molecular weight is 183 g/mol. The van der Waals surface area contributed by atoms with Gasteiger partial charge in [-0.1, -0.05) is 17.7 Å². The third-order valence-electron chi connectivity index (χ3n) is 1.64. The van der Waals surface area contributed by atoms with E-state index in [4.69, 9.17) is 16.3 Å². The van der Waals surface area contributed by atoms with Gasteiger partial charge >= 0.3 is 0 Å². The van der Waals surface area contributed by atoms with Gasteiger partial charge in [0.15, 0.2) is 0 Å². The fourth-order valence-electron chi connectivity index (χ4n) is 1.07. The Bertz CT molecular complexity index is 410. The third kappa shape index (κ3) is 1.02. The molecule has 0 spiro atoms. The molecule has 0 aliphatic rings. The molecule has 0 atom stereocenters. The second-order valence-electron chi connectivity index (χ2n) is 2.38. The zero-order valence-electron chi connectivity index (χ0n) is 6.47. The van der Waals surface area contributed by atoms with Crippen molar-refractivity contribution >= 4 is 22.6 Å². The van der Waals surface area contributed by atoms with Gasteiger partial charge in [0.05, 0.1) is 17.6 Å². The van der Waals surface area contributed by atoms with E-state index in [2.05, 4.69) is 9.97 Å². The number of ether oxygens (including phenoxy) is 1. The van der Waals surface area contributed by atoms with Crippen LogP contribution in [0.25, 0.3) is 11.0 Å². The number of fused-ring (bicyclic) bond motifs is 1. The van der Waals surface area contributed by atoms with Gasteiger partial charge in [0.25, 0.3) is 6.01 Å². The van der Waals surface area contributed by atoms with Gasteiger partial charge in [-0.15, -0.1) is 0 Å². The average Bonchev–Trinajstić information content (AvgIpc) is 2.49. The van der Waals surface area contributed by atoms with Gasteiger partial charge in [0.2, 0.25) is 0 Å². The zero-order chi connectivity index (χ0) is 8.55. The van der Waals surface area contributed by atoms with Gasteiger partial charge in [0.1, 0.15) is 5.52 Å². The molecule has 0 amide bonds. The molecule has 1 aromatic heterocycles. The first kappa shape index (κ1) is 7.43. The van der Waals surface area contributed by atoms with Crippen LogP contribution in [0.15, 0.2) is 18.2 Å². The minimum Gasteiger partial charge on any atom is -0.468 e. The molecule has 0 saturated carbocycles. The molecule has 0 aliphatic heterocycles. The summed E-state index contributed by atoms with van der Waals surface area (Å²) in [5.74, 6) is 0. The summed E-state index contributed by atoms with van der Waals surface area (Å²) in [6, 6.07) is 6.04. The van der Waals surface area contributed by atoms with Gasteiger partial charge < -0.3 is 9.72 Å². The number of hydrogen-bond donors (Lipinski definition) is 1. The van der Waals surface area contributed by atoms with Crippen molar-refractivity contribution in [3.8, 4) is 6.01 Å². The lowest BCUT2D eigenvalue weighted by molar-refractivity contribution is 0.386. The Morgan fingerprint density at radius 2 is 2.33 bits per heavy atom. The van der Waals surface area contributed by atoms with Crippen molar-refractivity contribution in [3.05, 3.63) is 23.2 Å². The van der Waals surface area contributed by atoms with Crippen molar-refractivity contribution in [2.45, 2.75) is 0 Å². The highest BCUT2D eigenvalue weighted by molar-refractivity contribution is 6.34. The van der Waals surface area contributed by atoms with Crippen LogP contribution in [0.2, 0.25) is 5.02 Å². The highest BCUT2D eigenvalue weighted by Gasteiger charge is 2.04. The number of para-hydroxylation sites is 1. The number of benzene rings is 1. The lowest BCUT2D eigenvalue weighted by Gasteiger charge is -1.87. The Balaban J connectivity index is 2.74. The van der Waals surface area contributed by atoms with Gasteiger partial charge in [0, 0.05) is 0 Å². The van der Waals surface area contributed by atoms with Gasteiger partial charge in [-0.3, -0.25) is 0 Å². The van der Waals surface area contributed by atoms with E-state index in [0.717, 1.165) is 11.0 Å². The summed E-state index contributed by atoms with van der Waals surface area (Å²) in [6.07, 6.45) is 0. The number of nitrogens with one attached hydrogen (secondary N) is 1. The summed E-state index contributed by atoms with van der Waals surface area (Å²) in [4.78, 5) is 7.09. The normalized spacial score (nSPS) is 10.5. The molecule has 0 fully saturated rings. The maximum absolute atomic E-state index is 5.89. The molecule has 0 radical (unpaired) electrons. The van der Waals surface area contributed by atoms with Crippen molar-refractivity contribution in [3.63, 3.8) is 0 Å². The smallest absolute Gasteiger partial charge is 0.294 e. The molecule has 62 valence electrons. The number of halogens is 1. The van der Waals surface area contributed by atoms with Crippen LogP contribution in [0.5, 0.6) is 6.01 Å². The fourth-order valence-corrected chi connectivity index (χ4v) is 1.29. The molecule has 2 aromatic rings. The predicted molar refractivity (Wildman–Crippen MR) is 47.7 cm³/mol. The van der Waals surface area contributed by atoms with E-state index in [0.29, 0.717) is 11.0 Å². The first-order valence-corrected chi connectivity index (χ1v) is 3.87. The summed E-state index contributed by atoms with van der Waals surface area (Å²) in [7, 11) is 1.56. The second kappa shape index (κ2) is 2.68. The van der Waals surface area contributed by atoms with Crippen molar-refractivity contribution in [1.29, 1.82) is 0 Å². The Hall–Kier alpha value is -1.22. The number of imidazole rings is 1. The summed E-state index contributed by atoms with van der Waals surface area (Å²) in [5, 5.41) is 0.632. The van der Waals surface area contributed by atoms with E-state index in [1.54, 1.807) is 13.2 Å². The van der Waals surface area contributed by atoms with Crippen molar-refractivity contribution in [2.75, 3.05) is 7.11 Å². The Morgan fingerprint density at radius 3 is 3.00 bits per heavy atom. The van der Waals surface area contributed by atoms with Crippen LogP contribution in [0, 0.1) is 0 Å². The first-order valence-electron chi connectivity index (χ1n) is 3.49. The van der Waals surface area contributed by atoms with Crippen LogP contribution >= 0.6 is 11.6 Å². The zero-order valence-corrected chi connectivity index (χ0v) is 7.22. The first-order chi connectivity index (χ1) is 5.81. The number of hydrogen-bond acceptors (Lipinski definition) is 2. The molecule has 4 heteroatoms. The Kier molecular flexibility index (Phi) is 1.66. The van der Waals surface area contributed by atoms with E-state index in [9.17, 15) is 0 Å².